The number of aliphatic hydroxyl groups excluding tert-OH is 1. The zero-order valence-corrected chi connectivity index (χ0v) is 37.8. The van der Waals surface area contributed by atoms with Crippen LogP contribution in [0, 0.1) is 5.92 Å². The molecule has 1 aliphatic heterocycles. The van der Waals surface area contributed by atoms with E-state index in [0.717, 1.165) is 38.4 Å². The van der Waals surface area contributed by atoms with E-state index in [-0.39, 0.29) is 27.4 Å². The van der Waals surface area contributed by atoms with Gasteiger partial charge in [-0.25, -0.2) is 0 Å². The molecule has 1 aliphatic rings. The van der Waals surface area contributed by atoms with Crippen LogP contribution in [0.3, 0.4) is 0 Å². The van der Waals surface area contributed by atoms with E-state index in [1.807, 2.05) is 97.1 Å². The van der Waals surface area contributed by atoms with Gasteiger partial charge >= 0.3 is 4.87 Å². The topological polar surface area (TPSA) is 128 Å². The van der Waals surface area contributed by atoms with Gasteiger partial charge in [-0.1, -0.05) is 172 Å². The van der Waals surface area contributed by atoms with Gasteiger partial charge in [0.2, 0.25) is 5.95 Å². The van der Waals surface area contributed by atoms with Crippen molar-refractivity contribution in [2.75, 3.05) is 12.4 Å². The van der Waals surface area contributed by atoms with Crippen molar-refractivity contribution in [1.82, 2.24) is 14.5 Å². The van der Waals surface area contributed by atoms with E-state index in [2.05, 4.69) is 86.5 Å². The molecule has 5 atom stereocenters. The molecule has 7 aromatic rings. The van der Waals surface area contributed by atoms with Gasteiger partial charge in [0, 0.05) is 5.92 Å². The molecule has 0 saturated carbocycles. The van der Waals surface area contributed by atoms with Crippen LogP contribution < -0.4 is 30.9 Å². The highest BCUT2D eigenvalue weighted by Crippen LogP contribution is 2.44. The molecule has 8 rings (SSSR count). The van der Waals surface area contributed by atoms with Crippen molar-refractivity contribution in [3.05, 3.63) is 182 Å². The van der Waals surface area contributed by atoms with Crippen LogP contribution in [-0.2, 0) is 14.7 Å². The number of ether oxygens (including phenoxy) is 2. The molecule has 0 unspecified atom stereocenters. The molecule has 0 aliphatic carbocycles. The normalized spacial score (nSPS) is 18.1. The first kappa shape index (κ1) is 43.0. The highest BCUT2D eigenvalue weighted by molar-refractivity contribution is 7.16. The molecule has 1 fully saturated rings. The highest BCUT2D eigenvalue weighted by Gasteiger charge is 2.54. The van der Waals surface area contributed by atoms with Crippen molar-refractivity contribution in [3.8, 4) is 5.75 Å². The van der Waals surface area contributed by atoms with Crippen LogP contribution in [0.5, 0.6) is 5.75 Å². The van der Waals surface area contributed by atoms with Gasteiger partial charge in [0.15, 0.2) is 5.65 Å². The van der Waals surface area contributed by atoms with Gasteiger partial charge in [-0.05, 0) is 64.0 Å². The molecule has 12 heteroatoms. The third-order valence-electron chi connectivity index (χ3n) is 12.3. The van der Waals surface area contributed by atoms with Gasteiger partial charge in [0.05, 0.1) is 25.4 Å². The summed E-state index contributed by atoms with van der Waals surface area (Å²) in [5.41, 5.74) is 1.31. The lowest BCUT2D eigenvalue weighted by molar-refractivity contribution is -0.0690. The monoisotopic (exact) mass is 866 g/mol. The van der Waals surface area contributed by atoms with E-state index in [9.17, 15) is 14.7 Å². The van der Waals surface area contributed by atoms with E-state index >= 15 is 0 Å². The van der Waals surface area contributed by atoms with Crippen LogP contribution in [0.2, 0.25) is 5.04 Å². The first-order valence-electron chi connectivity index (χ1n) is 21.2. The molecule has 0 bridgehead atoms. The van der Waals surface area contributed by atoms with Crippen molar-refractivity contribution in [3.63, 3.8) is 0 Å². The molecule has 0 spiro atoms. The fraction of sp³-hybridized carbons (Fsp3) is 0.300. The van der Waals surface area contributed by atoms with Crippen LogP contribution in [0.15, 0.2) is 155 Å². The number of aliphatic hydroxyl groups is 1. The molecule has 3 N–H and O–H groups in total. The summed E-state index contributed by atoms with van der Waals surface area (Å²) < 4.78 is 21.8. The van der Waals surface area contributed by atoms with Crippen LogP contribution in [0.4, 0.5) is 5.95 Å². The largest absolute Gasteiger partial charge is 0.497 e. The number of anilines is 1. The maximum absolute atomic E-state index is 14.2. The Balaban J connectivity index is 1.23. The Morgan fingerprint density at radius 1 is 0.839 bits per heavy atom. The molecular weight excluding hydrogens is 813 g/mol. The number of hydrogen-bond acceptors (Lipinski definition) is 9. The summed E-state index contributed by atoms with van der Waals surface area (Å²) in [6.45, 7) is 10.5. The van der Waals surface area contributed by atoms with Crippen LogP contribution >= 0.6 is 11.3 Å². The van der Waals surface area contributed by atoms with Gasteiger partial charge in [-0.2, -0.15) is 4.98 Å². The third-order valence-corrected chi connectivity index (χ3v) is 18.3. The van der Waals surface area contributed by atoms with E-state index in [4.69, 9.17) is 18.9 Å². The second kappa shape index (κ2) is 17.6. The molecule has 62 heavy (non-hydrogen) atoms. The van der Waals surface area contributed by atoms with Crippen molar-refractivity contribution in [2.24, 2.45) is 5.92 Å². The van der Waals surface area contributed by atoms with Crippen LogP contribution in [-0.4, -0.2) is 53.4 Å². The highest BCUT2D eigenvalue weighted by atomic mass is 32.1. The molecule has 2 aromatic heterocycles. The number of nitrogens with zero attached hydrogens (tertiary/aromatic N) is 2. The zero-order valence-electron chi connectivity index (χ0n) is 35.9. The molecule has 0 radical (unpaired) electrons. The van der Waals surface area contributed by atoms with Crippen molar-refractivity contribution < 1.29 is 19.0 Å². The second-order valence-corrected chi connectivity index (χ2v) is 22.3. The fourth-order valence-electron chi connectivity index (χ4n) is 9.31. The first-order chi connectivity index (χ1) is 29.9. The van der Waals surface area contributed by atoms with Gasteiger partial charge in [-0.15, -0.1) is 0 Å². The molecule has 320 valence electrons. The number of fused-ring (bicyclic) bond motifs is 1. The summed E-state index contributed by atoms with van der Waals surface area (Å²) in [6, 6.07) is 48.7. The predicted octanol–water partition coefficient (Wildman–Crippen LogP) is 8.20. The second-order valence-electron chi connectivity index (χ2n) is 17.1. The molecule has 10 nitrogen and oxygen atoms in total. The summed E-state index contributed by atoms with van der Waals surface area (Å²) in [6.07, 6.45) is -1.58. The number of methoxy groups -OCH3 is 1. The summed E-state index contributed by atoms with van der Waals surface area (Å²) in [7, 11) is -1.37. The number of benzene rings is 5. The van der Waals surface area contributed by atoms with Crippen molar-refractivity contribution in [2.45, 2.75) is 82.6 Å². The number of nitrogens with one attached hydrogen (secondary N) is 2. The lowest BCUT2D eigenvalue weighted by atomic mass is 9.77. The summed E-state index contributed by atoms with van der Waals surface area (Å²) >= 11 is 0.823. The predicted molar refractivity (Wildman–Crippen MR) is 250 cm³/mol. The Hall–Kier alpha value is -5.63. The lowest BCUT2D eigenvalue weighted by Gasteiger charge is -2.46. The smallest absolute Gasteiger partial charge is 0.311 e. The summed E-state index contributed by atoms with van der Waals surface area (Å²) in [5.74, 6) is 0.350. The van der Waals surface area contributed by atoms with Crippen molar-refractivity contribution >= 4 is 46.3 Å². The van der Waals surface area contributed by atoms with E-state index < -0.39 is 48.6 Å². The molecule has 1 saturated heterocycles. The lowest BCUT2D eigenvalue weighted by Crippen LogP contribution is -2.68. The van der Waals surface area contributed by atoms with Gasteiger partial charge in [-0.3, -0.25) is 19.1 Å². The quantitative estimate of drug-likeness (QED) is 0.0738. The minimum Gasteiger partial charge on any atom is -0.497 e. The number of thiazole rings is 1. The van der Waals surface area contributed by atoms with E-state index in [1.54, 1.807) is 14.0 Å². The Labute approximate surface area is 367 Å². The Kier molecular flexibility index (Phi) is 12.2. The third kappa shape index (κ3) is 7.75. The maximum atomic E-state index is 14.2. The molecular formula is C50H54N4O6SSi. The van der Waals surface area contributed by atoms with Gasteiger partial charge < -0.3 is 24.3 Å². The minimum absolute atomic E-state index is 0.155. The van der Waals surface area contributed by atoms with Gasteiger partial charge in [0.1, 0.15) is 22.2 Å². The van der Waals surface area contributed by atoms with Crippen LogP contribution in [0.25, 0.3) is 10.3 Å². The van der Waals surface area contributed by atoms with Gasteiger partial charge in [0.25, 0.3) is 13.9 Å². The Morgan fingerprint density at radius 2 is 1.35 bits per heavy atom. The molecule has 5 aromatic carbocycles. The van der Waals surface area contributed by atoms with E-state index in [0.29, 0.717) is 18.6 Å². The zero-order chi connectivity index (χ0) is 43.6. The SMILES string of the molecule is CC[C@H](O[Si](c1ccccc1)(c1ccccc1)C(C)(C)C)[C@@H]1C[C@@H]([C@@H](C)O)[C@H](n2c(=O)sc3c(=O)[nH]c(NC(c4ccccc4)(c4ccccc4)c4ccc(OC)cc4)nc32)O1. The average Bonchev–Trinajstić information content (AvgIpc) is 3.88. The van der Waals surface area contributed by atoms with Crippen LogP contribution in [0.1, 0.15) is 70.4 Å². The van der Waals surface area contributed by atoms with Crippen molar-refractivity contribution in [1.29, 1.82) is 0 Å². The minimum atomic E-state index is -3.00. The van der Waals surface area contributed by atoms with E-state index in [1.165, 1.54) is 4.57 Å². The maximum Gasteiger partial charge on any atom is 0.311 e. The molecule has 0 amide bonds. The standard InChI is InChI=1S/C50H54N4O6SSi/c1-7-41(60-62(49(3,4)5,38-24-16-10-17-25-38)39-26-18-11-19-27-39)42-32-40(33(2)55)46(59-42)54-44-43(61-48(54)57)45(56)52-47(51-44)53-50(34-20-12-8-13-21-34,35-22-14-9-15-23-35)36-28-30-37(58-6)31-29-36/h8-31,33,40-42,46,55H,7,32H2,1-6H3,(H2,51,52,53,56)/t33-,40+,41+,42+,46-/m1/s1. The number of aromatic amines is 1. The number of hydrogen-bond donors (Lipinski definition) is 3. The summed E-state index contributed by atoms with van der Waals surface area (Å²) in [5, 5.41) is 17.1. The fourth-order valence-corrected chi connectivity index (χ4v) is 14.9. The first-order valence-corrected chi connectivity index (χ1v) is 23.9. The summed E-state index contributed by atoms with van der Waals surface area (Å²) in [4.78, 5) is 35.9. The molecule has 3 heterocycles. The number of H-pyrrole nitrogens is 1. The Bertz CT molecular complexity index is 2620. The number of aromatic nitrogens is 3. The Morgan fingerprint density at radius 3 is 1.84 bits per heavy atom. The average molecular weight is 867 g/mol. The number of rotatable bonds is 14.